The molecule has 2 heterocycles. The normalized spacial score (nSPS) is 16.1. The Balaban J connectivity index is 1.43. The van der Waals surface area contributed by atoms with Crippen LogP contribution >= 0.6 is 22.9 Å². The van der Waals surface area contributed by atoms with Crippen molar-refractivity contribution in [1.82, 2.24) is 20.1 Å². The van der Waals surface area contributed by atoms with Gasteiger partial charge < -0.3 is 15.1 Å². The molecule has 0 atom stereocenters. The van der Waals surface area contributed by atoms with Gasteiger partial charge in [0.25, 0.3) is 5.91 Å². The standard InChI is InChI=1S/C18H23ClN4OS/c1-22-9-11-23(12-10-22)8-2-7-20-17(24)16-13-25-18(21-16)14-3-5-15(19)6-4-14/h3-6,13H,2,7-12H2,1H3,(H,20,24). The number of nitrogens with one attached hydrogen (secondary N) is 1. The number of amides is 1. The molecule has 1 amide bonds. The van der Waals surface area contributed by atoms with E-state index in [0.29, 0.717) is 17.3 Å². The molecule has 1 aliphatic rings. The van der Waals surface area contributed by atoms with Gasteiger partial charge in [-0.1, -0.05) is 23.7 Å². The number of halogens is 1. The maximum absolute atomic E-state index is 12.2. The van der Waals surface area contributed by atoms with Gasteiger partial charge in [-0.2, -0.15) is 0 Å². The van der Waals surface area contributed by atoms with Crippen molar-refractivity contribution in [1.29, 1.82) is 0 Å². The van der Waals surface area contributed by atoms with E-state index in [0.717, 1.165) is 49.7 Å². The molecule has 1 fully saturated rings. The molecule has 1 N–H and O–H groups in total. The quantitative estimate of drug-likeness (QED) is 0.785. The van der Waals surface area contributed by atoms with Gasteiger partial charge in [-0.15, -0.1) is 11.3 Å². The first kappa shape index (κ1) is 18.3. The van der Waals surface area contributed by atoms with Crippen LogP contribution in [0.3, 0.4) is 0 Å². The van der Waals surface area contributed by atoms with Gasteiger partial charge in [0.15, 0.2) is 0 Å². The van der Waals surface area contributed by atoms with E-state index in [1.807, 2.05) is 24.3 Å². The molecule has 134 valence electrons. The van der Waals surface area contributed by atoms with Crippen LogP contribution in [0, 0.1) is 0 Å². The molecule has 5 nitrogen and oxygen atoms in total. The predicted molar refractivity (Wildman–Crippen MR) is 103 cm³/mol. The lowest BCUT2D eigenvalue weighted by Crippen LogP contribution is -2.45. The van der Waals surface area contributed by atoms with Crippen molar-refractivity contribution < 1.29 is 4.79 Å². The van der Waals surface area contributed by atoms with Crippen molar-refractivity contribution in [2.24, 2.45) is 0 Å². The van der Waals surface area contributed by atoms with Crippen LogP contribution in [0.1, 0.15) is 16.9 Å². The van der Waals surface area contributed by atoms with Gasteiger partial charge in [0.05, 0.1) is 0 Å². The molecule has 1 aromatic carbocycles. The van der Waals surface area contributed by atoms with E-state index < -0.39 is 0 Å². The summed E-state index contributed by atoms with van der Waals surface area (Å²) in [5.41, 5.74) is 1.46. The maximum atomic E-state index is 12.2. The molecule has 0 saturated carbocycles. The molecular formula is C18H23ClN4OS. The summed E-state index contributed by atoms with van der Waals surface area (Å²) in [6, 6.07) is 7.49. The number of benzene rings is 1. The second-order valence-electron chi connectivity index (χ2n) is 6.30. The van der Waals surface area contributed by atoms with Gasteiger partial charge >= 0.3 is 0 Å². The number of rotatable bonds is 6. The number of hydrogen-bond donors (Lipinski definition) is 1. The van der Waals surface area contributed by atoms with Crippen molar-refractivity contribution in [3.05, 3.63) is 40.4 Å². The lowest BCUT2D eigenvalue weighted by molar-refractivity contribution is 0.0945. The minimum atomic E-state index is -0.102. The van der Waals surface area contributed by atoms with Crippen LogP contribution in [-0.2, 0) is 0 Å². The van der Waals surface area contributed by atoms with E-state index in [1.165, 1.54) is 11.3 Å². The Hall–Kier alpha value is -1.47. The Labute approximate surface area is 157 Å². The molecule has 7 heteroatoms. The summed E-state index contributed by atoms with van der Waals surface area (Å²) in [5, 5.41) is 6.30. The summed E-state index contributed by atoms with van der Waals surface area (Å²) in [7, 11) is 2.16. The first-order valence-corrected chi connectivity index (χ1v) is 9.78. The number of carbonyl (C=O) groups is 1. The van der Waals surface area contributed by atoms with Gasteiger partial charge in [-0.3, -0.25) is 4.79 Å². The minimum Gasteiger partial charge on any atom is -0.351 e. The van der Waals surface area contributed by atoms with Gasteiger partial charge in [-0.25, -0.2) is 4.98 Å². The number of hydrogen-bond acceptors (Lipinski definition) is 5. The smallest absolute Gasteiger partial charge is 0.270 e. The zero-order valence-electron chi connectivity index (χ0n) is 14.4. The minimum absolute atomic E-state index is 0.102. The third-order valence-corrected chi connectivity index (χ3v) is 5.50. The first-order valence-electron chi connectivity index (χ1n) is 8.52. The number of carbonyl (C=O) groups excluding carboxylic acids is 1. The zero-order chi connectivity index (χ0) is 17.6. The van der Waals surface area contributed by atoms with E-state index in [1.54, 1.807) is 5.38 Å². The number of nitrogens with zero attached hydrogens (tertiary/aromatic N) is 3. The van der Waals surface area contributed by atoms with Gasteiger partial charge in [0.2, 0.25) is 0 Å². The lowest BCUT2D eigenvalue weighted by atomic mass is 10.2. The lowest BCUT2D eigenvalue weighted by Gasteiger charge is -2.32. The van der Waals surface area contributed by atoms with Crippen molar-refractivity contribution in [3.8, 4) is 10.6 Å². The summed E-state index contributed by atoms with van der Waals surface area (Å²) in [6.45, 7) is 6.18. The molecule has 2 aromatic rings. The van der Waals surface area contributed by atoms with E-state index in [-0.39, 0.29) is 5.91 Å². The fourth-order valence-corrected chi connectivity index (χ4v) is 3.70. The highest BCUT2D eigenvalue weighted by molar-refractivity contribution is 7.13. The molecule has 0 bridgehead atoms. The second kappa shape index (κ2) is 8.76. The third kappa shape index (κ3) is 5.25. The van der Waals surface area contributed by atoms with Crippen LogP contribution in [0.25, 0.3) is 10.6 Å². The van der Waals surface area contributed by atoms with E-state index in [9.17, 15) is 4.79 Å². The number of thiazole rings is 1. The van der Waals surface area contributed by atoms with E-state index in [2.05, 4.69) is 27.1 Å². The average Bonchev–Trinajstić information content (AvgIpc) is 3.11. The molecule has 3 rings (SSSR count). The summed E-state index contributed by atoms with van der Waals surface area (Å²) >= 11 is 7.37. The molecule has 0 spiro atoms. The zero-order valence-corrected chi connectivity index (χ0v) is 15.9. The second-order valence-corrected chi connectivity index (χ2v) is 7.59. The highest BCUT2D eigenvalue weighted by Gasteiger charge is 2.14. The van der Waals surface area contributed by atoms with E-state index in [4.69, 9.17) is 11.6 Å². The van der Waals surface area contributed by atoms with Crippen molar-refractivity contribution in [2.45, 2.75) is 6.42 Å². The third-order valence-electron chi connectivity index (χ3n) is 4.36. The molecular weight excluding hydrogens is 356 g/mol. The molecule has 0 radical (unpaired) electrons. The topological polar surface area (TPSA) is 48.5 Å². The van der Waals surface area contributed by atoms with Crippen LogP contribution in [0.2, 0.25) is 5.02 Å². The monoisotopic (exact) mass is 378 g/mol. The van der Waals surface area contributed by atoms with Crippen LogP contribution in [0.5, 0.6) is 0 Å². The SMILES string of the molecule is CN1CCN(CCCNC(=O)c2csc(-c3ccc(Cl)cc3)n2)CC1. The molecule has 1 aliphatic heterocycles. The highest BCUT2D eigenvalue weighted by Crippen LogP contribution is 2.25. The average molecular weight is 379 g/mol. The van der Waals surface area contributed by atoms with Crippen molar-refractivity contribution >= 4 is 28.8 Å². The molecule has 1 aromatic heterocycles. The fourth-order valence-electron chi connectivity index (χ4n) is 2.77. The number of piperazine rings is 1. The number of aromatic nitrogens is 1. The van der Waals surface area contributed by atoms with Crippen LogP contribution in [0.4, 0.5) is 0 Å². The first-order chi connectivity index (χ1) is 12.1. The summed E-state index contributed by atoms with van der Waals surface area (Å²) in [4.78, 5) is 21.5. The fraction of sp³-hybridized carbons (Fsp3) is 0.444. The van der Waals surface area contributed by atoms with Crippen molar-refractivity contribution in [2.75, 3.05) is 46.3 Å². The predicted octanol–water partition coefficient (Wildman–Crippen LogP) is 2.83. The van der Waals surface area contributed by atoms with Gasteiger partial charge in [-0.05, 0) is 32.1 Å². The van der Waals surface area contributed by atoms with Crippen LogP contribution in [-0.4, -0.2) is 67.0 Å². The van der Waals surface area contributed by atoms with Crippen LogP contribution < -0.4 is 5.32 Å². The van der Waals surface area contributed by atoms with E-state index >= 15 is 0 Å². The molecule has 0 unspecified atom stereocenters. The summed E-state index contributed by atoms with van der Waals surface area (Å²) < 4.78 is 0. The Kier molecular flexibility index (Phi) is 6.42. The van der Waals surface area contributed by atoms with Crippen LogP contribution in [0.15, 0.2) is 29.6 Å². The number of likely N-dealkylation sites (N-methyl/N-ethyl adjacent to an activating group) is 1. The Morgan fingerprint density at radius 2 is 1.96 bits per heavy atom. The maximum Gasteiger partial charge on any atom is 0.270 e. The summed E-state index contributed by atoms with van der Waals surface area (Å²) in [6.07, 6.45) is 0.962. The Morgan fingerprint density at radius 1 is 1.24 bits per heavy atom. The molecule has 0 aliphatic carbocycles. The Bertz CT molecular complexity index is 695. The van der Waals surface area contributed by atoms with Crippen molar-refractivity contribution in [3.63, 3.8) is 0 Å². The highest BCUT2D eigenvalue weighted by atomic mass is 35.5. The largest absolute Gasteiger partial charge is 0.351 e. The Morgan fingerprint density at radius 3 is 2.68 bits per heavy atom. The summed E-state index contributed by atoms with van der Waals surface area (Å²) in [5.74, 6) is -0.102. The molecule has 1 saturated heterocycles. The van der Waals surface area contributed by atoms with Gasteiger partial charge in [0.1, 0.15) is 10.7 Å². The van der Waals surface area contributed by atoms with Gasteiger partial charge in [0, 0.05) is 48.7 Å². The molecule has 25 heavy (non-hydrogen) atoms.